The average Bonchev–Trinajstić information content (AvgIpc) is 3.13. The van der Waals surface area contributed by atoms with Crippen LogP contribution in [0.4, 0.5) is 5.95 Å². The lowest BCUT2D eigenvalue weighted by atomic mass is 9.95. The van der Waals surface area contributed by atoms with E-state index < -0.39 is 6.04 Å². The highest BCUT2D eigenvalue weighted by Gasteiger charge is 2.34. The summed E-state index contributed by atoms with van der Waals surface area (Å²) in [5.74, 6) is 1.03. The standard InChI is InChI=1S/C20H26N4O3/c1-4-6-11-26-16-9-7-8-15(12-16)18-17(19(25)27-10-5-2)14(3)23-20-21-13-22-24(18)20/h7-9,12-13,18H,4-6,10-11H2,1-3H3,(H,21,22,23). The predicted molar refractivity (Wildman–Crippen MR) is 103 cm³/mol. The number of esters is 1. The molecule has 1 aliphatic rings. The van der Waals surface area contributed by atoms with E-state index in [0.29, 0.717) is 24.7 Å². The minimum atomic E-state index is -0.414. The van der Waals surface area contributed by atoms with Gasteiger partial charge in [0.1, 0.15) is 18.1 Å². The summed E-state index contributed by atoms with van der Waals surface area (Å²) in [5.41, 5.74) is 2.16. The molecule has 0 bridgehead atoms. The van der Waals surface area contributed by atoms with Crippen LogP contribution in [0.1, 0.15) is 51.6 Å². The van der Waals surface area contributed by atoms with Gasteiger partial charge in [0.05, 0.1) is 18.8 Å². The van der Waals surface area contributed by atoms with Crippen molar-refractivity contribution in [1.29, 1.82) is 0 Å². The molecule has 1 aromatic heterocycles. The van der Waals surface area contributed by atoms with Crippen molar-refractivity contribution in [3.63, 3.8) is 0 Å². The molecule has 1 unspecified atom stereocenters. The van der Waals surface area contributed by atoms with Crippen molar-refractivity contribution in [2.75, 3.05) is 18.5 Å². The first kappa shape index (κ1) is 18.9. The molecule has 27 heavy (non-hydrogen) atoms. The first-order valence-electron chi connectivity index (χ1n) is 9.42. The summed E-state index contributed by atoms with van der Waals surface area (Å²) in [5, 5.41) is 7.47. The number of aromatic nitrogens is 3. The number of hydrogen-bond acceptors (Lipinski definition) is 6. The Bertz CT molecular complexity index is 828. The van der Waals surface area contributed by atoms with Gasteiger partial charge in [-0.25, -0.2) is 9.48 Å². The van der Waals surface area contributed by atoms with Gasteiger partial charge in [0.15, 0.2) is 0 Å². The zero-order chi connectivity index (χ0) is 19.2. The van der Waals surface area contributed by atoms with Gasteiger partial charge < -0.3 is 14.8 Å². The van der Waals surface area contributed by atoms with Crippen LogP contribution in [0, 0.1) is 0 Å². The fourth-order valence-electron chi connectivity index (χ4n) is 3.04. The van der Waals surface area contributed by atoms with Crippen LogP contribution in [0.15, 0.2) is 41.9 Å². The molecule has 7 heteroatoms. The van der Waals surface area contributed by atoms with E-state index in [1.807, 2.05) is 38.1 Å². The number of fused-ring (bicyclic) bond motifs is 1. The molecule has 1 atom stereocenters. The molecule has 0 spiro atoms. The van der Waals surface area contributed by atoms with E-state index in [1.165, 1.54) is 6.33 Å². The van der Waals surface area contributed by atoms with Crippen LogP contribution in [0.5, 0.6) is 5.75 Å². The van der Waals surface area contributed by atoms with E-state index in [2.05, 4.69) is 22.3 Å². The quantitative estimate of drug-likeness (QED) is 0.564. The number of rotatable bonds is 8. The highest BCUT2D eigenvalue weighted by atomic mass is 16.5. The van der Waals surface area contributed by atoms with Crippen LogP contribution < -0.4 is 10.1 Å². The molecule has 1 aromatic carbocycles. The maximum absolute atomic E-state index is 12.8. The molecule has 0 radical (unpaired) electrons. The van der Waals surface area contributed by atoms with Crippen molar-refractivity contribution < 1.29 is 14.3 Å². The summed E-state index contributed by atoms with van der Waals surface area (Å²) in [6, 6.07) is 7.36. The zero-order valence-electron chi connectivity index (χ0n) is 16.1. The lowest BCUT2D eigenvalue weighted by Crippen LogP contribution is -2.29. The van der Waals surface area contributed by atoms with Gasteiger partial charge in [-0.1, -0.05) is 32.4 Å². The SMILES string of the molecule is CCCCOc1cccc(C2C(C(=O)OCCC)=C(C)Nc3ncnn32)c1. The topological polar surface area (TPSA) is 78.3 Å². The largest absolute Gasteiger partial charge is 0.494 e. The van der Waals surface area contributed by atoms with Gasteiger partial charge in [-0.2, -0.15) is 10.1 Å². The fraction of sp³-hybridized carbons (Fsp3) is 0.450. The van der Waals surface area contributed by atoms with E-state index in [0.717, 1.165) is 36.3 Å². The number of carbonyl (C=O) groups excluding carboxylic acids is 1. The molecule has 1 N–H and O–H groups in total. The molecule has 7 nitrogen and oxygen atoms in total. The third-order valence-corrected chi connectivity index (χ3v) is 4.39. The highest BCUT2D eigenvalue weighted by Crippen LogP contribution is 2.36. The maximum atomic E-state index is 12.8. The number of unbranched alkanes of at least 4 members (excludes halogenated alkanes) is 1. The van der Waals surface area contributed by atoms with E-state index in [9.17, 15) is 4.79 Å². The van der Waals surface area contributed by atoms with Gasteiger partial charge in [0.2, 0.25) is 5.95 Å². The van der Waals surface area contributed by atoms with E-state index in [4.69, 9.17) is 9.47 Å². The predicted octanol–water partition coefficient (Wildman–Crippen LogP) is 3.70. The van der Waals surface area contributed by atoms with Gasteiger partial charge in [0.25, 0.3) is 0 Å². The Hall–Kier alpha value is -2.83. The maximum Gasteiger partial charge on any atom is 0.338 e. The van der Waals surface area contributed by atoms with Crippen molar-refractivity contribution in [3.8, 4) is 5.75 Å². The molecule has 0 saturated carbocycles. The zero-order valence-corrected chi connectivity index (χ0v) is 16.1. The van der Waals surface area contributed by atoms with Crippen molar-refractivity contribution >= 4 is 11.9 Å². The van der Waals surface area contributed by atoms with E-state index in [-0.39, 0.29) is 5.97 Å². The molecule has 1 aliphatic heterocycles. The van der Waals surface area contributed by atoms with Crippen LogP contribution in [0.25, 0.3) is 0 Å². The first-order valence-corrected chi connectivity index (χ1v) is 9.42. The van der Waals surface area contributed by atoms with Crippen molar-refractivity contribution in [2.24, 2.45) is 0 Å². The van der Waals surface area contributed by atoms with Gasteiger partial charge in [-0.3, -0.25) is 0 Å². The molecular weight excluding hydrogens is 344 g/mol. The third kappa shape index (κ3) is 4.13. The smallest absolute Gasteiger partial charge is 0.338 e. The molecule has 2 aromatic rings. The Balaban J connectivity index is 1.97. The van der Waals surface area contributed by atoms with E-state index in [1.54, 1.807) is 4.68 Å². The minimum absolute atomic E-state index is 0.342. The van der Waals surface area contributed by atoms with Gasteiger partial charge in [-0.15, -0.1) is 0 Å². The number of carbonyl (C=O) groups is 1. The average molecular weight is 370 g/mol. The normalized spacial score (nSPS) is 15.9. The molecular formula is C20H26N4O3. The summed E-state index contributed by atoms with van der Waals surface area (Å²) in [7, 11) is 0. The van der Waals surface area contributed by atoms with Crippen LogP contribution in [0.2, 0.25) is 0 Å². The van der Waals surface area contributed by atoms with E-state index >= 15 is 0 Å². The fourth-order valence-corrected chi connectivity index (χ4v) is 3.04. The first-order chi connectivity index (χ1) is 13.2. The van der Waals surface area contributed by atoms with Gasteiger partial charge in [0, 0.05) is 5.70 Å². The van der Waals surface area contributed by atoms with Crippen LogP contribution in [-0.2, 0) is 9.53 Å². The number of nitrogens with zero attached hydrogens (tertiary/aromatic N) is 3. The summed E-state index contributed by atoms with van der Waals surface area (Å²) in [6.07, 6.45) is 4.32. The molecule has 0 fully saturated rings. The summed E-state index contributed by atoms with van der Waals surface area (Å²) in [6.45, 7) is 7.00. The van der Waals surface area contributed by atoms with Gasteiger partial charge >= 0.3 is 5.97 Å². The number of anilines is 1. The summed E-state index contributed by atoms with van der Waals surface area (Å²) in [4.78, 5) is 17.0. The van der Waals surface area contributed by atoms with Crippen LogP contribution in [0.3, 0.4) is 0 Å². The molecule has 0 saturated heterocycles. The number of benzene rings is 1. The van der Waals surface area contributed by atoms with Crippen molar-refractivity contribution in [2.45, 2.75) is 46.1 Å². The Morgan fingerprint density at radius 3 is 2.89 bits per heavy atom. The molecule has 2 heterocycles. The Labute approximate surface area is 159 Å². The number of hydrogen-bond donors (Lipinski definition) is 1. The Kier molecular flexibility index (Phi) is 6.11. The third-order valence-electron chi connectivity index (χ3n) is 4.39. The van der Waals surface area contributed by atoms with Crippen LogP contribution >= 0.6 is 0 Å². The lowest BCUT2D eigenvalue weighted by molar-refractivity contribution is -0.139. The number of ether oxygens (including phenoxy) is 2. The minimum Gasteiger partial charge on any atom is -0.494 e. The number of nitrogens with one attached hydrogen (secondary N) is 1. The molecule has 0 amide bonds. The second kappa shape index (κ2) is 8.70. The van der Waals surface area contributed by atoms with Crippen molar-refractivity contribution in [3.05, 3.63) is 47.4 Å². The summed E-state index contributed by atoms with van der Waals surface area (Å²) < 4.78 is 13.0. The summed E-state index contributed by atoms with van der Waals surface area (Å²) >= 11 is 0. The monoisotopic (exact) mass is 370 g/mol. The Morgan fingerprint density at radius 2 is 2.11 bits per heavy atom. The van der Waals surface area contributed by atoms with Crippen molar-refractivity contribution in [1.82, 2.24) is 14.8 Å². The Morgan fingerprint density at radius 1 is 1.26 bits per heavy atom. The second-order valence-corrected chi connectivity index (χ2v) is 6.50. The molecule has 144 valence electrons. The van der Waals surface area contributed by atoms with Crippen LogP contribution in [-0.4, -0.2) is 33.9 Å². The number of allylic oxidation sites excluding steroid dienone is 1. The lowest BCUT2D eigenvalue weighted by Gasteiger charge is -2.28. The molecule has 0 aliphatic carbocycles. The second-order valence-electron chi connectivity index (χ2n) is 6.50. The molecule has 3 rings (SSSR count). The van der Waals surface area contributed by atoms with Gasteiger partial charge in [-0.05, 0) is 37.5 Å². The highest BCUT2D eigenvalue weighted by molar-refractivity contribution is 5.92.